The highest BCUT2D eigenvalue weighted by Crippen LogP contribution is 2.23. The summed E-state index contributed by atoms with van der Waals surface area (Å²) in [5.74, 6) is -0.551. The Morgan fingerprint density at radius 3 is 2.23 bits per heavy atom. The highest BCUT2D eigenvalue weighted by atomic mass is 16.2. The molecule has 6 nitrogen and oxygen atoms in total. The minimum atomic E-state index is -0.978. The molecule has 4 amide bonds. The molecule has 1 aliphatic heterocycles. The fraction of sp³-hybridized carbons (Fsp3) is 0.550. The van der Waals surface area contributed by atoms with Gasteiger partial charge in [0.05, 0.1) is 0 Å². The summed E-state index contributed by atoms with van der Waals surface area (Å²) >= 11 is 0. The van der Waals surface area contributed by atoms with Gasteiger partial charge < -0.3 is 10.2 Å². The molecular formula is C20H29N3O3. The summed E-state index contributed by atoms with van der Waals surface area (Å²) in [6.07, 6.45) is 1.17. The van der Waals surface area contributed by atoms with Crippen LogP contribution < -0.4 is 5.32 Å². The number of hydrogen-bond acceptors (Lipinski definition) is 3. The maximum atomic E-state index is 12.8. The minimum Gasteiger partial charge on any atom is -0.336 e. The van der Waals surface area contributed by atoms with Crippen molar-refractivity contribution in [3.05, 3.63) is 35.9 Å². The van der Waals surface area contributed by atoms with Crippen molar-refractivity contribution in [2.75, 3.05) is 6.54 Å². The molecule has 2 rings (SSSR count). The monoisotopic (exact) mass is 359 g/mol. The Hall–Kier alpha value is -2.37. The molecule has 0 spiro atoms. The second-order valence-electron chi connectivity index (χ2n) is 7.63. The van der Waals surface area contributed by atoms with E-state index in [1.807, 2.05) is 58.0 Å². The lowest BCUT2D eigenvalue weighted by Crippen LogP contribution is -2.49. The summed E-state index contributed by atoms with van der Waals surface area (Å²) in [6.45, 7) is 9.20. The third-order valence-corrected chi connectivity index (χ3v) is 4.80. The van der Waals surface area contributed by atoms with Crippen LogP contribution in [0.25, 0.3) is 0 Å². The summed E-state index contributed by atoms with van der Waals surface area (Å²) in [5, 5.41) is 2.77. The normalized spacial score (nSPS) is 20.0. The summed E-state index contributed by atoms with van der Waals surface area (Å²) in [7, 11) is 0. The van der Waals surface area contributed by atoms with E-state index in [0.29, 0.717) is 12.8 Å². The summed E-state index contributed by atoms with van der Waals surface area (Å²) < 4.78 is 0. The van der Waals surface area contributed by atoms with Crippen LogP contribution in [0.5, 0.6) is 0 Å². The van der Waals surface area contributed by atoms with Gasteiger partial charge in [-0.1, -0.05) is 30.3 Å². The zero-order valence-electron chi connectivity index (χ0n) is 16.3. The van der Waals surface area contributed by atoms with E-state index in [0.717, 1.165) is 10.5 Å². The van der Waals surface area contributed by atoms with Crippen molar-refractivity contribution >= 4 is 17.8 Å². The van der Waals surface area contributed by atoms with E-state index in [9.17, 15) is 14.4 Å². The molecular weight excluding hydrogens is 330 g/mol. The van der Waals surface area contributed by atoms with E-state index in [1.165, 1.54) is 0 Å². The maximum Gasteiger partial charge on any atom is 0.325 e. The smallest absolute Gasteiger partial charge is 0.325 e. The van der Waals surface area contributed by atoms with Crippen LogP contribution in [0.1, 0.15) is 46.6 Å². The van der Waals surface area contributed by atoms with Crippen molar-refractivity contribution < 1.29 is 14.4 Å². The number of carbonyl (C=O) groups is 3. The molecule has 0 bridgehead atoms. The summed E-state index contributed by atoms with van der Waals surface area (Å²) in [6, 6.07) is 9.35. The van der Waals surface area contributed by atoms with Gasteiger partial charge in [0.2, 0.25) is 5.91 Å². The Balaban J connectivity index is 2.06. The zero-order chi connectivity index (χ0) is 19.5. The fourth-order valence-corrected chi connectivity index (χ4v) is 3.49. The number of urea groups is 1. The van der Waals surface area contributed by atoms with Crippen molar-refractivity contribution in [2.24, 2.45) is 0 Å². The predicted molar refractivity (Wildman–Crippen MR) is 101 cm³/mol. The minimum absolute atomic E-state index is 0.00716. The van der Waals surface area contributed by atoms with Gasteiger partial charge in [-0.05, 0) is 53.0 Å². The molecule has 1 aliphatic rings. The van der Waals surface area contributed by atoms with Gasteiger partial charge in [-0.2, -0.15) is 0 Å². The molecule has 142 valence electrons. The maximum absolute atomic E-state index is 12.8. The predicted octanol–water partition coefficient (Wildman–Crippen LogP) is 2.58. The number of hydrogen-bond donors (Lipinski definition) is 1. The van der Waals surface area contributed by atoms with E-state index in [1.54, 1.807) is 11.8 Å². The lowest BCUT2D eigenvalue weighted by Gasteiger charge is -2.32. The topological polar surface area (TPSA) is 69.7 Å². The van der Waals surface area contributed by atoms with Crippen LogP contribution in [0.2, 0.25) is 0 Å². The van der Waals surface area contributed by atoms with E-state index in [-0.39, 0.29) is 30.4 Å². The van der Waals surface area contributed by atoms with Gasteiger partial charge >= 0.3 is 6.03 Å². The van der Waals surface area contributed by atoms with Gasteiger partial charge in [0.15, 0.2) is 0 Å². The Labute approximate surface area is 155 Å². The first-order chi connectivity index (χ1) is 12.2. The summed E-state index contributed by atoms with van der Waals surface area (Å²) in [5.41, 5.74) is 0.129. The quantitative estimate of drug-likeness (QED) is 0.761. The Bertz CT molecular complexity index is 664. The number of aryl methyl sites for hydroxylation is 1. The van der Waals surface area contributed by atoms with Gasteiger partial charge in [0, 0.05) is 12.1 Å². The van der Waals surface area contributed by atoms with Crippen LogP contribution in [0, 0.1) is 0 Å². The number of nitrogens with one attached hydrogen (secondary N) is 1. The number of amides is 4. The molecule has 26 heavy (non-hydrogen) atoms. The van der Waals surface area contributed by atoms with Crippen LogP contribution in [-0.4, -0.2) is 51.8 Å². The molecule has 1 aromatic carbocycles. The van der Waals surface area contributed by atoms with Crippen LogP contribution in [0.3, 0.4) is 0 Å². The zero-order valence-corrected chi connectivity index (χ0v) is 16.3. The second kappa shape index (κ2) is 7.89. The van der Waals surface area contributed by atoms with Crippen LogP contribution in [0.4, 0.5) is 4.79 Å². The van der Waals surface area contributed by atoms with Crippen LogP contribution >= 0.6 is 0 Å². The molecule has 0 saturated carbocycles. The molecule has 0 unspecified atom stereocenters. The molecule has 1 aromatic rings. The molecule has 1 fully saturated rings. The molecule has 6 heteroatoms. The van der Waals surface area contributed by atoms with Crippen molar-refractivity contribution in [3.63, 3.8) is 0 Å². The molecule has 1 atom stereocenters. The molecule has 1 saturated heterocycles. The average Bonchev–Trinajstić information content (AvgIpc) is 2.77. The standard InChI is InChI=1S/C20H29N3O3/c1-14(2)23(15(3)4)17(24)13-22-18(25)20(5,21-19(22)26)12-11-16-9-7-6-8-10-16/h6-10,14-15H,11-13H2,1-5H3,(H,21,26)/t20-/m1/s1. The highest BCUT2D eigenvalue weighted by molar-refractivity contribution is 6.08. The van der Waals surface area contributed by atoms with Gasteiger partial charge in [-0.25, -0.2) is 4.79 Å². The highest BCUT2D eigenvalue weighted by Gasteiger charge is 2.48. The molecule has 1 N–H and O–H groups in total. The molecule has 0 aliphatic carbocycles. The van der Waals surface area contributed by atoms with E-state index in [2.05, 4.69) is 5.32 Å². The van der Waals surface area contributed by atoms with Crippen molar-refractivity contribution in [1.82, 2.24) is 15.1 Å². The van der Waals surface area contributed by atoms with Gasteiger partial charge in [-0.15, -0.1) is 0 Å². The Kier molecular flexibility index (Phi) is 6.05. The Morgan fingerprint density at radius 1 is 1.12 bits per heavy atom. The first kappa shape index (κ1) is 19.9. The van der Waals surface area contributed by atoms with Gasteiger partial charge in [0.25, 0.3) is 5.91 Å². The lowest BCUT2D eigenvalue weighted by molar-refractivity contribution is -0.141. The third-order valence-electron chi connectivity index (χ3n) is 4.80. The van der Waals surface area contributed by atoms with Crippen molar-refractivity contribution in [2.45, 2.75) is 65.1 Å². The van der Waals surface area contributed by atoms with Gasteiger partial charge in [0.1, 0.15) is 12.1 Å². The molecule has 0 radical (unpaired) electrons. The van der Waals surface area contributed by atoms with E-state index in [4.69, 9.17) is 0 Å². The SMILES string of the molecule is CC(C)N(C(=O)CN1C(=O)N[C@](C)(CCc2ccccc2)C1=O)C(C)C. The third kappa shape index (κ3) is 4.23. The number of carbonyl (C=O) groups excluding carboxylic acids is 3. The van der Waals surface area contributed by atoms with Gasteiger partial charge in [-0.3, -0.25) is 14.5 Å². The first-order valence-corrected chi connectivity index (χ1v) is 9.15. The van der Waals surface area contributed by atoms with Crippen LogP contribution in [0.15, 0.2) is 30.3 Å². The number of imide groups is 1. The van der Waals surface area contributed by atoms with Crippen molar-refractivity contribution in [3.8, 4) is 0 Å². The van der Waals surface area contributed by atoms with Crippen LogP contribution in [-0.2, 0) is 16.0 Å². The number of rotatable bonds is 7. The molecule has 0 aromatic heterocycles. The van der Waals surface area contributed by atoms with E-state index < -0.39 is 11.6 Å². The lowest BCUT2D eigenvalue weighted by atomic mass is 9.93. The Morgan fingerprint density at radius 2 is 1.69 bits per heavy atom. The average molecular weight is 359 g/mol. The largest absolute Gasteiger partial charge is 0.336 e. The number of benzene rings is 1. The first-order valence-electron chi connectivity index (χ1n) is 9.15. The van der Waals surface area contributed by atoms with E-state index >= 15 is 0 Å². The molecule has 1 heterocycles. The second-order valence-corrected chi connectivity index (χ2v) is 7.63. The number of nitrogens with zero attached hydrogens (tertiary/aromatic N) is 2. The van der Waals surface area contributed by atoms with Crippen molar-refractivity contribution in [1.29, 1.82) is 0 Å². The fourth-order valence-electron chi connectivity index (χ4n) is 3.49. The summed E-state index contributed by atoms with van der Waals surface area (Å²) in [4.78, 5) is 40.5.